The number of nitrogens with zero attached hydrogens (tertiary/aromatic N) is 4. The molecule has 2 rings (SSSR count). The fourth-order valence-electron chi connectivity index (χ4n) is 2.27. The highest BCUT2D eigenvalue weighted by atomic mass is 16.5. The molecule has 0 aliphatic heterocycles. The average molecular weight is 366 g/mol. The maximum atomic E-state index is 11.4. The minimum absolute atomic E-state index is 0.298. The van der Waals surface area contributed by atoms with Crippen LogP contribution in [0.2, 0.25) is 0 Å². The van der Waals surface area contributed by atoms with Gasteiger partial charge in [0, 0.05) is 17.8 Å². The fraction of sp³-hybridized carbons (Fsp3) is 0.250. The number of rotatable bonds is 9. The minimum Gasteiger partial charge on any atom is -0.460 e. The van der Waals surface area contributed by atoms with E-state index in [4.69, 9.17) is 4.74 Å². The molecular weight excluding hydrogens is 344 g/mol. The first-order valence-corrected chi connectivity index (χ1v) is 8.56. The van der Waals surface area contributed by atoms with Gasteiger partial charge in [-0.25, -0.2) is 4.79 Å². The van der Waals surface area contributed by atoms with Crippen molar-refractivity contribution >= 4 is 28.7 Å². The highest BCUT2D eigenvalue weighted by Crippen LogP contribution is 2.23. The third kappa shape index (κ3) is 6.14. The van der Waals surface area contributed by atoms with Gasteiger partial charge in [-0.2, -0.15) is 10.2 Å². The molecule has 0 fully saturated rings. The second kappa shape index (κ2) is 9.96. The lowest BCUT2D eigenvalue weighted by Gasteiger charge is -2.22. The molecule has 0 aromatic heterocycles. The number of hydrogen-bond donors (Lipinski definition) is 0. The Balaban J connectivity index is 1.95. The Morgan fingerprint density at radius 1 is 1.00 bits per heavy atom. The standard InChI is InChI=1S/C20H22N4O3/c1-4-24(13-14-27-20(25)15(2)3)19-11-9-17(10-12-19)22-21-16-5-7-18(23-26)8-6-16/h5-12H,2,4,13-14H2,1,3H3/b22-21+. The highest BCUT2D eigenvalue weighted by molar-refractivity contribution is 5.86. The molecule has 7 heteroatoms. The number of hydrogen-bond acceptors (Lipinski definition) is 7. The van der Waals surface area contributed by atoms with Gasteiger partial charge < -0.3 is 9.64 Å². The van der Waals surface area contributed by atoms with Crippen LogP contribution in [0.3, 0.4) is 0 Å². The number of nitroso groups, excluding NO2 is 1. The largest absolute Gasteiger partial charge is 0.460 e. The molecule has 140 valence electrons. The highest BCUT2D eigenvalue weighted by Gasteiger charge is 2.07. The van der Waals surface area contributed by atoms with E-state index in [2.05, 4.69) is 26.9 Å². The zero-order valence-electron chi connectivity index (χ0n) is 15.5. The summed E-state index contributed by atoms with van der Waals surface area (Å²) in [5, 5.41) is 11.2. The third-order valence-electron chi connectivity index (χ3n) is 3.78. The summed E-state index contributed by atoms with van der Waals surface area (Å²) in [7, 11) is 0. The van der Waals surface area contributed by atoms with Crippen molar-refractivity contribution < 1.29 is 9.53 Å². The first kappa shape index (κ1) is 20.0. The predicted molar refractivity (Wildman–Crippen MR) is 106 cm³/mol. The smallest absolute Gasteiger partial charge is 0.333 e. The van der Waals surface area contributed by atoms with E-state index in [0.717, 1.165) is 12.2 Å². The minimum atomic E-state index is -0.376. The molecule has 0 saturated heterocycles. The summed E-state index contributed by atoms with van der Waals surface area (Å²) in [6.45, 7) is 8.89. The number of benzene rings is 2. The Morgan fingerprint density at radius 3 is 2.00 bits per heavy atom. The summed E-state index contributed by atoms with van der Waals surface area (Å²) >= 11 is 0. The first-order valence-electron chi connectivity index (χ1n) is 8.56. The van der Waals surface area contributed by atoms with Crippen molar-refractivity contribution in [3.63, 3.8) is 0 Å². The van der Waals surface area contributed by atoms with Gasteiger partial charge in [0.05, 0.1) is 17.9 Å². The Morgan fingerprint density at radius 2 is 1.52 bits per heavy atom. The quantitative estimate of drug-likeness (QED) is 0.256. The molecule has 0 unspecified atom stereocenters. The molecule has 0 N–H and O–H groups in total. The zero-order chi connectivity index (χ0) is 19.6. The van der Waals surface area contributed by atoms with Crippen molar-refractivity contribution in [1.29, 1.82) is 0 Å². The van der Waals surface area contributed by atoms with Crippen LogP contribution in [-0.4, -0.2) is 25.7 Å². The van der Waals surface area contributed by atoms with E-state index in [0.29, 0.717) is 35.8 Å². The van der Waals surface area contributed by atoms with Crippen molar-refractivity contribution in [1.82, 2.24) is 0 Å². The van der Waals surface area contributed by atoms with Crippen LogP contribution in [0.25, 0.3) is 0 Å². The number of carbonyl (C=O) groups is 1. The monoisotopic (exact) mass is 366 g/mol. The van der Waals surface area contributed by atoms with Crippen molar-refractivity contribution in [2.45, 2.75) is 13.8 Å². The van der Waals surface area contributed by atoms with Gasteiger partial charge in [0.15, 0.2) is 0 Å². The van der Waals surface area contributed by atoms with E-state index in [1.165, 1.54) is 0 Å². The average Bonchev–Trinajstić information content (AvgIpc) is 2.70. The molecule has 0 aliphatic rings. The number of carbonyl (C=O) groups excluding carboxylic acids is 1. The Bertz CT molecular complexity index is 814. The molecule has 0 atom stereocenters. The van der Waals surface area contributed by atoms with Crippen molar-refractivity contribution in [2.75, 3.05) is 24.6 Å². The summed E-state index contributed by atoms with van der Waals surface area (Å²) < 4.78 is 5.15. The van der Waals surface area contributed by atoms with Crippen LogP contribution in [0.5, 0.6) is 0 Å². The van der Waals surface area contributed by atoms with Crippen LogP contribution < -0.4 is 4.90 Å². The lowest BCUT2D eigenvalue weighted by Crippen LogP contribution is -2.28. The van der Waals surface area contributed by atoms with Gasteiger partial charge in [-0.1, -0.05) is 6.58 Å². The molecule has 7 nitrogen and oxygen atoms in total. The van der Waals surface area contributed by atoms with E-state index in [-0.39, 0.29) is 5.97 Å². The molecule has 0 heterocycles. The van der Waals surface area contributed by atoms with Crippen molar-refractivity contribution in [2.24, 2.45) is 15.4 Å². The third-order valence-corrected chi connectivity index (χ3v) is 3.78. The molecule has 2 aromatic rings. The number of azo groups is 1. The number of ether oxygens (including phenoxy) is 1. The lowest BCUT2D eigenvalue weighted by atomic mass is 10.2. The number of esters is 1. The van der Waals surface area contributed by atoms with Gasteiger partial charge in [0.2, 0.25) is 0 Å². The molecule has 0 amide bonds. The summed E-state index contributed by atoms with van der Waals surface area (Å²) in [5.41, 5.74) is 3.10. The van der Waals surface area contributed by atoms with E-state index >= 15 is 0 Å². The van der Waals surface area contributed by atoms with Crippen LogP contribution >= 0.6 is 0 Å². The van der Waals surface area contributed by atoms with Gasteiger partial charge in [-0.05, 0) is 67.6 Å². The molecule has 0 aliphatic carbocycles. The van der Waals surface area contributed by atoms with Crippen LogP contribution in [0, 0.1) is 4.91 Å². The summed E-state index contributed by atoms with van der Waals surface area (Å²) in [6.07, 6.45) is 0. The summed E-state index contributed by atoms with van der Waals surface area (Å²) in [6, 6.07) is 14.1. The molecule has 0 radical (unpaired) electrons. The van der Waals surface area contributed by atoms with E-state index in [1.54, 1.807) is 31.2 Å². The predicted octanol–water partition coefficient (Wildman–Crippen LogP) is 5.45. The zero-order valence-corrected chi connectivity index (χ0v) is 15.5. The summed E-state index contributed by atoms with van der Waals surface area (Å²) in [5.74, 6) is -0.376. The molecule has 0 bridgehead atoms. The molecule has 0 saturated carbocycles. The molecular formula is C20H22N4O3. The lowest BCUT2D eigenvalue weighted by molar-refractivity contribution is -0.138. The summed E-state index contributed by atoms with van der Waals surface area (Å²) in [4.78, 5) is 23.9. The Labute approximate surface area is 158 Å². The maximum Gasteiger partial charge on any atom is 0.333 e. The molecule has 0 spiro atoms. The van der Waals surface area contributed by atoms with Gasteiger partial charge in [0.1, 0.15) is 12.3 Å². The first-order chi connectivity index (χ1) is 13.0. The maximum absolute atomic E-state index is 11.4. The Kier molecular flexibility index (Phi) is 7.37. The second-order valence-corrected chi connectivity index (χ2v) is 5.82. The van der Waals surface area contributed by atoms with E-state index in [9.17, 15) is 9.70 Å². The van der Waals surface area contributed by atoms with Crippen LogP contribution in [0.1, 0.15) is 13.8 Å². The number of anilines is 1. The topological polar surface area (TPSA) is 83.7 Å². The van der Waals surface area contributed by atoms with Crippen molar-refractivity contribution in [3.05, 3.63) is 65.6 Å². The second-order valence-electron chi connectivity index (χ2n) is 5.82. The van der Waals surface area contributed by atoms with Crippen LogP contribution in [0.15, 0.2) is 76.1 Å². The molecule has 2 aromatic carbocycles. The van der Waals surface area contributed by atoms with Gasteiger partial charge in [-0.3, -0.25) is 0 Å². The number of likely N-dealkylation sites (N-methyl/N-ethyl adjacent to an activating group) is 1. The van der Waals surface area contributed by atoms with E-state index < -0.39 is 0 Å². The SMILES string of the molecule is C=C(C)C(=O)OCCN(CC)c1ccc(/N=N/c2ccc(N=O)cc2)cc1. The fourth-order valence-corrected chi connectivity index (χ4v) is 2.27. The Hall–Kier alpha value is -3.35. The van der Waals surface area contributed by atoms with E-state index in [1.807, 2.05) is 31.2 Å². The van der Waals surface area contributed by atoms with Crippen LogP contribution in [0.4, 0.5) is 22.7 Å². The normalized spacial score (nSPS) is 10.6. The van der Waals surface area contributed by atoms with Crippen molar-refractivity contribution in [3.8, 4) is 0 Å². The van der Waals surface area contributed by atoms with Gasteiger partial charge in [0.25, 0.3) is 0 Å². The molecule has 27 heavy (non-hydrogen) atoms. The van der Waals surface area contributed by atoms with Gasteiger partial charge in [-0.15, -0.1) is 4.91 Å². The van der Waals surface area contributed by atoms with Crippen LogP contribution in [-0.2, 0) is 9.53 Å². The van der Waals surface area contributed by atoms with Gasteiger partial charge >= 0.3 is 5.97 Å².